The van der Waals surface area contributed by atoms with Crippen LogP contribution in [-0.2, 0) is 0 Å². The molecule has 1 unspecified atom stereocenters. The van der Waals surface area contributed by atoms with E-state index in [1.807, 2.05) is 48.5 Å². The Balaban J connectivity index is 1.55. The Labute approximate surface area is 174 Å². The third-order valence-corrected chi connectivity index (χ3v) is 5.17. The van der Waals surface area contributed by atoms with Crippen LogP contribution in [0.25, 0.3) is 11.4 Å². The highest BCUT2D eigenvalue weighted by molar-refractivity contribution is 5.91. The predicted octanol–water partition coefficient (Wildman–Crippen LogP) is 4.51. The van der Waals surface area contributed by atoms with Gasteiger partial charge in [-0.1, -0.05) is 29.4 Å². The second-order valence-electron chi connectivity index (χ2n) is 7.02. The average molecular weight is 408 g/mol. The molecule has 2 heterocycles. The molecule has 30 heavy (non-hydrogen) atoms. The summed E-state index contributed by atoms with van der Waals surface area (Å²) in [5.74, 6) is 2.23. The Hall–Kier alpha value is -3.55. The smallest absolute Gasteiger partial charge is 0.322 e. The molecule has 1 aliphatic rings. The minimum Gasteiger partial charge on any atom is -0.497 e. The molecule has 156 valence electrons. The van der Waals surface area contributed by atoms with Gasteiger partial charge in [-0.2, -0.15) is 4.98 Å². The lowest BCUT2D eigenvalue weighted by Gasteiger charge is -2.33. The van der Waals surface area contributed by atoms with E-state index < -0.39 is 0 Å². The molecule has 4 rings (SSSR count). The summed E-state index contributed by atoms with van der Waals surface area (Å²) in [6.45, 7) is 0.614. The second-order valence-corrected chi connectivity index (χ2v) is 7.02. The Bertz CT molecular complexity index is 1020. The lowest BCUT2D eigenvalue weighted by Crippen LogP contribution is -2.41. The molecule has 1 N–H and O–H groups in total. The number of methoxy groups -OCH3 is 2. The van der Waals surface area contributed by atoms with Crippen molar-refractivity contribution in [3.63, 3.8) is 0 Å². The topological polar surface area (TPSA) is 89.7 Å². The molecule has 0 saturated carbocycles. The quantitative estimate of drug-likeness (QED) is 0.668. The molecule has 1 saturated heterocycles. The number of hydrogen-bond donors (Lipinski definition) is 1. The number of urea groups is 1. The summed E-state index contributed by atoms with van der Waals surface area (Å²) in [6.07, 6.45) is 2.67. The Morgan fingerprint density at radius 1 is 1.13 bits per heavy atom. The number of hydrogen-bond acceptors (Lipinski definition) is 6. The number of carbonyl (C=O) groups excluding carboxylic acids is 1. The molecule has 1 aromatic heterocycles. The van der Waals surface area contributed by atoms with Crippen LogP contribution in [0.1, 0.15) is 31.2 Å². The number of amides is 2. The average Bonchev–Trinajstić information content (AvgIpc) is 3.30. The molecule has 0 bridgehead atoms. The van der Waals surface area contributed by atoms with Gasteiger partial charge in [0.05, 0.1) is 19.9 Å². The summed E-state index contributed by atoms with van der Waals surface area (Å²) in [5, 5.41) is 7.06. The van der Waals surface area contributed by atoms with Gasteiger partial charge in [0.1, 0.15) is 17.5 Å². The van der Waals surface area contributed by atoms with E-state index in [1.54, 1.807) is 19.1 Å². The lowest BCUT2D eigenvalue weighted by molar-refractivity contribution is 0.142. The van der Waals surface area contributed by atoms with Crippen molar-refractivity contribution < 1.29 is 18.8 Å². The molecule has 0 aliphatic carbocycles. The fraction of sp³-hybridized carbons (Fsp3) is 0.318. The minimum absolute atomic E-state index is 0.217. The number of ether oxygens (including phenoxy) is 2. The van der Waals surface area contributed by atoms with Crippen molar-refractivity contribution in [1.29, 1.82) is 0 Å². The van der Waals surface area contributed by atoms with E-state index in [0.717, 1.165) is 24.8 Å². The fourth-order valence-corrected chi connectivity index (χ4v) is 3.62. The van der Waals surface area contributed by atoms with Crippen LogP contribution < -0.4 is 14.8 Å². The van der Waals surface area contributed by atoms with Gasteiger partial charge in [0.25, 0.3) is 0 Å². The van der Waals surface area contributed by atoms with Crippen LogP contribution in [0, 0.1) is 0 Å². The molecule has 3 aromatic rings. The van der Waals surface area contributed by atoms with Crippen LogP contribution in [0.3, 0.4) is 0 Å². The lowest BCUT2D eigenvalue weighted by atomic mass is 10.0. The Morgan fingerprint density at radius 3 is 2.83 bits per heavy atom. The first-order chi connectivity index (χ1) is 14.7. The van der Waals surface area contributed by atoms with Crippen LogP contribution in [-0.4, -0.2) is 41.8 Å². The highest BCUT2D eigenvalue weighted by atomic mass is 16.5. The molecular formula is C22H24N4O4. The van der Waals surface area contributed by atoms with Crippen molar-refractivity contribution in [2.45, 2.75) is 25.3 Å². The highest BCUT2D eigenvalue weighted by Gasteiger charge is 2.32. The number of anilines is 1. The highest BCUT2D eigenvalue weighted by Crippen LogP contribution is 2.33. The van der Waals surface area contributed by atoms with Crippen LogP contribution in [0.5, 0.6) is 11.5 Å². The van der Waals surface area contributed by atoms with Gasteiger partial charge in [-0.05, 0) is 43.5 Å². The molecule has 1 atom stereocenters. The van der Waals surface area contributed by atoms with Gasteiger partial charge >= 0.3 is 6.03 Å². The number of carbonyl (C=O) groups is 1. The molecule has 0 radical (unpaired) electrons. The number of para-hydroxylation sites is 2. The summed E-state index contributed by atoms with van der Waals surface area (Å²) in [5.41, 5.74) is 1.42. The van der Waals surface area contributed by atoms with Gasteiger partial charge in [0.2, 0.25) is 11.7 Å². The largest absolute Gasteiger partial charge is 0.497 e. The second kappa shape index (κ2) is 8.86. The molecule has 1 fully saturated rings. The van der Waals surface area contributed by atoms with E-state index in [2.05, 4.69) is 15.5 Å². The molecule has 8 nitrogen and oxygen atoms in total. The van der Waals surface area contributed by atoms with E-state index in [0.29, 0.717) is 35.4 Å². The summed E-state index contributed by atoms with van der Waals surface area (Å²) < 4.78 is 16.2. The minimum atomic E-state index is -0.277. The fourth-order valence-electron chi connectivity index (χ4n) is 3.62. The number of nitrogens with zero attached hydrogens (tertiary/aromatic N) is 3. The van der Waals surface area contributed by atoms with Gasteiger partial charge in [0.15, 0.2) is 0 Å². The third-order valence-electron chi connectivity index (χ3n) is 5.17. The third kappa shape index (κ3) is 4.07. The number of piperidine rings is 1. The zero-order valence-electron chi connectivity index (χ0n) is 17.0. The van der Waals surface area contributed by atoms with E-state index >= 15 is 0 Å². The molecule has 0 spiro atoms. The number of rotatable bonds is 5. The number of benzene rings is 2. The van der Waals surface area contributed by atoms with Crippen LogP contribution in [0.2, 0.25) is 0 Å². The van der Waals surface area contributed by atoms with Crippen molar-refractivity contribution in [3.05, 3.63) is 54.4 Å². The zero-order valence-corrected chi connectivity index (χ0v) is 17.0. The first-order valence-corrected chi connectivity index (χ1v) is 9.88. The summed E-state index contributed by atoms with van der Waals surface area (Å²) in [7, 11) is 3.19. The van der Waals surface area contributed by atoms with Crippen LogP contribution in [0.4, 0.5) is 10.5 Å². The van der Waals surface area contributed by atoms with Crippen molar-refractivity contribution >= 4 is 11.7 Å². The van der Waals surface area contributed by atoms with Crippen molar-refractivity contribution in [3.8, 4) is 22.9 Å². The van der Waals surface area contributed by atoms with Gasteiger partial charge in [-0.25, -0.2) is 4.79 Å². The number of likely N-dealkylation sites (tertiary alicyclic amines) is 1. The van der Waals surface area contributed by atoms with Crippen LogP contribution >= 0.6 is 0 Å². The maximum atomic E-state index is 13.0. The molecule has 2 amide bonds. The van der Waals surface area contributed by atoms with E-state index in [4.69, 9.17) is 14.0 Å². The van der Waals surface area contributed by atoms with E-state index in [9.17, 15) is 4.79 Å². The van der Waals surface area contributed by atoms with Crippen molar-refractivity contribution in [2.75, 3.05) is 26.1 Å². The maximum absolute atomic E-state index is 13.0. The van der Waals surface area contributed by atoms with Gasteiger partial charge in [-0.3, -0.25) is 0 Å². The zero-order chi connectivity index (χ0) is 20.9. The first-order valence-electron chi connectivity index (χ1n) is 9.88. The molecule has 1 aliphatic heterocycles. The van der Waals surface area contributed by atoms with Crippen molar-refractivity contribution in [2.24, 2.45) is 0 Å². The Kier molecular flexibility index (Phi) is 5.83. The summed E-state index contributed by atoms with van der Waals surface area (Å²) in [4.78, 5) is 19.4. The van der Waals surface area contributed by atoms with Crippen LogP contribution in [0.15, 0.2) is 53.1 Å². The molecule has 8 heteroatoms. The molecule has 2 aromatic carbocycles. The van der Waals surface area contributed by atoms with Gasteiger partial charge in [0, 0.05) is 12.1 Å². The van der Waals surface area contributed by atoms with Gasteiger partial charge < -0.3 is 24.2 Å². The number of aromatic nitrogens is 2. The maximum Gasteiger partial charge on any atom is 0.322 e. The first kappa shape index (κ1) is 19.8. The normalized spacial score (nSPS) is 16.2. The number of nitrogens with one attached hydrogen (secondary N) is 1. The van der Waals surface area contributed by atoms with Gasteiger partial charge in [-0.15, -0.1) is 0 Å². The SMILES string of the molecule is COc1cccc(-c2noc(C3CCCCN3C(=O)Nc3ccccc3OC)n2)c1. The summed E-state index contributed by atoms with van der Waals surface area (Å²) >= 11 is 0. The van der Waals surface area contributed by atoms with E-state index in [-0.39, 0.29) is 12.1 Å². The standard InChI is InChI=1S/C22H24N4O4/c1-28-16-9-7-8-15(14-16)20-24-21(30-25-20)18-11-5-6-13-26(18)22(27)23-17-10-3-4-12-19(17)29-2/h3-4,7-10,12,14,18H,5-6,11,13H2,1-2H3,(H,23,27). The Morgan fingerprint density at radius 2 is 2.00 bits per heavy atom. The van der Waals surface area contributed by atoms with Crippen molar-refractivity contribution in [1.82, 2.24) is 15.0 Å². The monoisotopic (exact) mass is 408 g/mol. The predicted molar refractivity (Wildman–Crippen MR) is 112 cm³/mol. The molecular weight excluding hydrogens is 384 g/mol. The van der Waals surface area contributed by atoms with E-state index in [1.165, 1.54) is 0 Å². The summed E-state index contributed by atoms with van der Waals surface area (Å²) in [6, 6.07) is 14.3.